The summed E-state index contributed by atoms with van der Waals surface area (Å²) in [4.78, 5) is 22.8. The Hall–Kier alpha value is -3.54. The van der Waals surface area contributed by atoms with Gasteiger partial charge in [0.25, 0.3) is 0 Å². The van der Waals surface area contributed by atoms with E-state index in [4.69, 9.17) is 9.72 Å². The van der Waals surface area contributed by atoms with E-state index in [9.17, 15) is 14.3 Å². The third-order valence-electron chi connectivity index (χ3n) is 7.44. The molecular formula is C29H29FN2O3. The number of carbonyl (C=O) groups is 1. The van der Waals surface area contributed by atoms with Crippen LogP contribution in [0.3, 0.4) is 0 Å². The number of hydrogen-bond donors (Lipinski definition) is 1. The predicted molar refractivity (Wildman–Crippen MR) is 132 cm³/mol. The summed E-state index contributed by atoms with van der Waals surface area (Å²) in [6.45, 7) is 5.80. The first-order valence-electron chi connectivity index (χ1n) is 12.1. The molecule has 6 heteroatoms. The molecule has 0 bridgehead atoms. The second-order valence-electron chi connectivity index (χ2n) is 9.79. The number of benzene rings is 2. The fourth-order valence-electron chi connectivity index (χ4n) is 5.92. The van der Waals surface area contributed by atoms with Crippen molar-refractivity contribution in [2.75, 3.05) is 0 Å². The quantitative estimate of drug-likeness (QED) is 0.374. The molecule has 1 N–H and O–H groups in total. The normalized spacial score (nSPS) is 24.8. The minimum atomic E-state index is -0.686. The van der Waals surface area contributed by atoms with Crippen LogP contribution in [0.5, 0.6) is 5.88 Å². The molecule has 5 rings (SSSR count). The van der Waals surface area contributed by atoms with E-state index in [0.29, 0.717) is 29.9 Å². The van der Waals surface area contributed by atoms with Crippen molar-refractivity contribution in [1.29, 1.82) is 0 Å². The van der Waals surface area contributed by atoms with Crippen molar-refractivity contribution in [3.8, 4) is 17.3 Å². The zero-order chi connectivity index (χ0) is 24.7. The van der Waals surface area contributed by atoms with Crippen molar-refractivity contribution in [1.82, 2.24) is 9.97 Å². The van der Waals surface area contributed by atoms with Gasteiger partial charge >= 0.3 is 0 Å². The van der Waals surface area contributed by atoms with Crippen LogP contribution in [0.2, 0.25) is 0 Å². The van der Waals surface area contributed by atoms with Gasteiger partial charge in [-0.1, -0.05) is 49.4 Å². The van der Waals surface area contributed by atoms with Crippen LogP contribution in [0.25, 0.3) is 11.4 Å². The Morgan fingerprint density at radius 1 is 1.11 bits per heavy atom. The van der Waals surface area contributed by atoms with E-state index in [-0.39, 0.29) is 29.5 Å². The van der Waals surface area contributed by atoms with Crippen molar-refractivity contribution in [3.05, 3.63) is 89.1 Å². The number of Topliss-reactive ketones (excluding diaryl/α,β-unsaturated/α-hetero) is 1. The number of ether oxygens (including phenoxy) is 1. The molecule has 1 aromatic heterocycles. The number of rotatable bonds is 4. The number of aliphatic hydroxyl groups excluding tert-OH is 1. The van der Waals surface area contributed by atoms with E-state index < -0.39 is 11.2 Å². The Balaban J connectivity index is 1.85. The SMILES string of the molecule is CC(C)Oc1nc(-c2ccccc2F)nc2c1CC[C@H]1[C@H](C)C(=O)C(=CO)C[C@]21c1ccccc1. The zero-order valence-electron chi connectivity index (χ0n) is 20.2. The van der Waals surface area contributed by atoms with Gasteiger partial charge in [0.05, 0.1) is 23.6 Å². The number of halogens is 1. The van der Waals surface area contributed by atoms with Gasteiger partial charge in [-0.15, -0.1) is 0 Å². The maximum absolute atomic E-state index is 14.9. The average molecular weight is 473 g/mol. The minimum absolute atomic E-state index is 0.0328. The smallest absolute Gasteiger partial charge is 0.220 e. The third kappa shape index (κ3) is 3.72. The molecule has 3 atom stereocenters. The molecule has 1 heterocycles. The molecule has 0 spiro atoms. The van der Waals surface area contributed by atoms with Crippen molar-refractivity contribution in [2.45, 2.75) is 51.6 Å². The number of fused-ring (bicyclic) bond motifs is 3. The number of allylic oxidation sites excluding steroid dienone is 1. The molecule has 2 aliphatic carbocycles. The molecule has 0 unspecified atom stereocenters. The lowest BCUT2D eigenvalue weighted by Gasteiger charge is -2.50. The largest absolute Gasteiger partial charge is 0.515 e. The lowest BCUT2D eigenvalue weighted by Crippen LogP contribution is -2.51. The van der Waals surface area contributed by atoms with Gasteiger partial charge in [0, 0.05) is 22.5 Å². The minimum Gasteiger partial charge on any atom is -0.515 e. The first-order chi connectivity index (χ1) is 16.9. The van der Waals surface area contributed by atoms with Crippen LogP contribution in [-0.4, -0.2) is 27.0 Å². The monoisotopic (exact) mass is 472 g/mol. The van der Waals surface area contributed by atoms with Crippen molar-refractivity contribution < 1.29 is 19.0 Å². The number of hydrogen-bond acceptors (Lipinski definition) is 5. The molecule has 0 saturated heterocycles. The van der Waals surface area contributed by atoms with Gasteiger partial charge in [0.15, 0.2) is 11.6 Å². The summed E-state index contributed by atoms with van der Waals surface area (Å²) in [5.41, 5.74) is 2.64. The molecule has 5 nitrogen and oxygen atoms in total. The Kier molecular flexibility index (Phi) is 5.91. The Bertz CT molecular complexity index is 1300. The fraction of sp³-hybridized carbons (Fsp3) is 0.345. The number of aliphatic hydroxyl groups is 1. The van der Waals surface area contributed by atoms with Gasteiger partial charge in [-0.05, 0) is 56.7 Å². The van der Waals surface area contributed by atoms with Gasteiger partial charge in [0.1, 0.15) is 5.82 Å². The third-order valence-corrected chi connectivity index (χ3v) is 7.44. The molecule has 2 aliphatic rings. The predicted octanol–water partition coefficient (Wildman–Crippen LogP) is 5.97. The van der Waals surface area contributed by atoms with E-state index >= 15 is 0 Å². The van der Waals surface area contributed by atoms with E-state index in [2.05, 4.69) is 4.98 Å². The molecule has 3 aromatic rings. The molecular weight excluding hydrogens is 443 g/mol. The molecule has 1 fully saturated rings. The van der Waals surface area contributed by atoms with Gasteiger partial charge in [-0.2, -0.15) is 4.98 Å². The summed E-state index contributed by atoms with van der Waals surface area (Å²) < 4.78 is 21.0. The Labute approximate surface area is 204 Å². The number of carbonyl (C=O) groups excluding carboxylic acids is 1. The standard InChI is InChI=1S/C29H29FN2O3/c1-17(2)35-28-22-13-14-23-18(3)25(34)19(16-33)15-29(23,20-9-5-4-6-10-20)26(22)31-27(32-28)21-11-7-8-12-24(21)30/h4-12,16-18,23,33H,13-15H2,1-3H3/t18-,23-,29+/m0/s1. The number of nitrogens with zero attached hydrogens (tertiary/aromatic N) is 2. The highest BCUT2D eigenvalue weighted by molar-refractivity contribution is 5.98. The van der Waals surface area contributed by atoms with Crippen molar-refractivity contribution in [3.63, 3.8) is 0 Å². The van der Waals surface area contributed by atoms with Crippen LogP contribution >= 0.6 is 0 Å². The first-order valence-corrected chi connectivity index (χ1v) is 12.1. The summed E-state index contributed by atoms with van der Waals surface area (Å²) in [5.74, 6) is -0.0777. The maximum Gasteiger partial charge on any atom is 0.220 e. The molecule has 180 valence electrons. The van der Waals surface area contributed by atoms with Crippen LogP contribution in [0, 0.1) is 17.7 Å². The highest BCUT2D eigenvalue weighted by atomic mass is 19.1. The van der Waals surface area contributed by atoms with Gasteiger partial charge < -0.3 is 9.84 Å². The van der Waals surface area contributed by atoms with E-state index in [1.54, 1.807) is 18.2 Å². The van der Waals surface area contributed by atoms with Crippen LogP contribution < -0.4 is 4.74 Å². The van der Waals surface area contributed by atoms with Gasteiger partial charge in [-0.3, -0.25) is 4.79 Å². The molecule has 2 aromatic carbocycles. The van der Waals surface area contributed by atoms with E-state index in [1.165, 1.54) is 6.07 Å². The molecule has 0 amide bonds. The van der Waals surface area contributed by atoms with Gasteiger partial charge in [-0.25, -0.2) is 9.37 Å². The topological polar surface area (TPSA) is 72.3 Å². The lowest BCUT2D eigenvalue weighted by atomic mass is 9.52. The Morgan fingerprint density at radius 2 is 1.83 bits per heavy atom. The second kappa shape index (κ2) is 8.91. The molecule has 0 aliphatic heterocycles. The molecule has 1 saturated carbocycles. The van der Waals surface area contributed by atoms with Crippen LogP contribution in [-0.2, 0) is 16.6 Å². The van der Waals surface area contributed by atoms with E-state index in [1.807, 2.05) is 51.1 Å². The number of aromatic nitrogens is 2. The van der Waals surface area contributed by atoms with Gasteiger partial charge in [0.2, 0.25) is 5.88 Å². The first kappa shape index (κ1) is 23.2. The van der Waals surface area contributed by atoms with Crippen molar-refractivity contribution >= 4 is 5.78 Å². The lowest BCUT2D eigenvalue weighted by molar-refractivity contribution is -0.123. The highest BCUT2D eigenvalue weighted by Gasteiger charge is 2.55. The highest BCUT2D eigenvalue weighted by Crippen LogP contribution is 2.56. The fourth-order valence-corrected chi connectivity index (χ4v) is 5.92. The van der Waals surface area contributed by atoms with Crippen LogP contribution in [0.4, 0.5) is 4.39 Å². The summed E-state index contributed by atoms with van der Waals surface area (Å²) in [5, 5.41) is 10.0. The van der Waals surface area contributed by atoms with E-state index in [0.717, 1.165) is 29.5 Å². The molecule has 35 heavy (non-hydrogen) atoms. The summed E-state index contributed by atoms with van der Waals surface area (Å²) >= 11 is 0. The Morgan fingerprint density at radius 3 is 2.51 bits per heavy atom. The summed E-state index contributed by atoms with van der Waals surface area (Å²) in [6.07, 6.45) is 2.53. The second-order valence-corrected chi connectivity index (χ2v) is 9.79. The van der Waals surface area contributed by atoms with Crippen LogP contribution in [0.15, 0.2) is 66.4 Å². The van der Waals surface area contributed by atoms with Crippen molar-refractivity contribution in [2.24, 2.45) is 11.8 Å². The maximum atomic E-state index is 14.9. The zero-order valence-corrected chi connectivity index (χ0v) is 20.2. The average Bonchev–Trinajstić information content (AvgIpc) is 2.86. The van der Waals surface area contributed by atoms with Crippen LogP contribution in [0.1, 0.15) is 50.4 Å². The summed E-state index contributed by atoms with van der Waals surface area (Å²) in [6, 6.07) is 16.5. The summed E-state index contributed by atoms with van der Waals surface area (Å²) in [7, 11) is 0. The number of ketones is 1. The molecule has 0 radical (unpaired) electrons.